The lowest BCUT2D eigenvalue weighted by molar-refractivity contribution is -0.141. The molecule has 1 N–H and O–H groups in total. The van der Waals surface area contributed by atoms with Gasteiger partial charge in [-0.2, -0.15) is 13.2 Å². The van der Waals surface area contributed by atoms with E-state index >= 15 is 0 Å². The first-order chi connectivity index (χ1) is 8.99. The molecule has 1 aromatic heterocycles. The number of anilines is 2. The van der Waals surface area contributed by atoms with Gasteiger partial charge < -0.3 is 5.32 Å². The van der Waals surface area contributed by atoms with E-state index in [0.29, 0.717) is 17.3 Å². The topological polar surface area (TPSA) is 24.9 Å². The second kappa shape index (κ2) is 5.48. The highest BCUT2D eigenvalue weighted by molar-refractivity contribution is 6.17. The van der Waals surface area contributed by atoms with Gasteiger partial charge in [0, 0.05) is 23.5 Å². The maximum atomic E-state index is 12.5. The molecule has 0 spiro atoms. The van der Waals surface area contributed by atoms with Crippen LogP contribution in [0.15, 0.2) is 42.6 Å². The summed E-state index contributed by atoms with van der Waals surface area (Å²) < 4.78 is 37.6. The molecule has 0 atom stereocenters. The molecule has 2 aromatic rings. The van der Waals surface area contributed by atoms with Crippen LogP contribution in [0, 0.1) is 0 Å². The number of rotatable bonds is 3. The number of pyridine rings is 1. The van der Waals surface area contributed by atoms with E-state index < -0.39 is 11.9 Å². The van der Waals surface area contributed by atoms with Crippen LogP contribution in [-0.4, -0.2) is 4.98 Å². The van der Waals surface area contributed by atoms with E-state index in [-0.39, 0.29) is 0 Å². The van der Waals surface area contributed by atoms with E-state index in [1.807, 2.05) is 6.07 Å². The van der Waals surface area contributed by atoms with Gasteiger partial charge in [-0.15, -0.1) is 11.6 Å². The molecular formula is C13H10ClF3N2. The summed E-state index contributed by atoms with van der Waals surface area (Å²) in [7, 11) is 0. The van der Waals surface area contributed by atoms with Gasteiger partial charge in [-0.3, -0.25) is 4.98 Å². The lowest BCUT2D eigenvalue weighted by Crippen LogP contribution is -2.08. The first-order valence-corrected chi connectivity index (χ1v) is 5.97. The third-order valence-electron chi connectivity index (χ3n) is 2.42. The smallest absolute Gasteiger partial charge is 0.355 e. The van der Waals surface area contributed by atoms with Gasteiger partial charge in [0.2, 0.25) is 0 Å². The van der Waals surface area contributed by atoms with Crippen LogP contribution in [0.1, 0.15) is 11.3 Å². The molecule has 2 rings (SSSR count). The zero-order valence-electron chi connectivity index (χ0n) is 9.71. The molecule has 1 aromatic carbocycles. The fourth-order valence-corrected chi connectivity index (χ4v) is 1.73. The molecule has 100 valence electrons. The Hall–Kier alpha value is -1.75. The van der Waals surface area contributed by atoms with Crippen LogP contribution in [0.25, 0.3) is 0 Å². The van der Waals surface area contributed by atoms with Crippen molar-refractivity contribution in [1.29, 1.82) is 0 Å². The molecule has 0 saturated heterocycles. The number of alkyl halides is 4. The summed E-state index contributed by atoms with van der Waals surface area (Å²) in [5, 5.41) is 2.89. The maximum Gasteiger partial charge on any atom is 0.433 e. The number of benzene rings is 1. The second-order valence-electron chi connectivity index (χ2n) is 3.89. The van der Waals surface area contributed by atoms with Crippen LogP contribution >= 0.6 is 11.6 Å². The molecule has 0 aliphatic rings. The molecule has 0 aliphatic carbocycles. The van der Waals surface area contributed by atoms with Crippen LogP contribution < -0.4 is 5.32 Å². The van der Waals surface area contributed by atoms with Gasteiger partial charge in [-0.25, -0.2) is 0 Å². The number of hydrogen-bond donors (Lipinski definition) is 1. The normalized spacial score (nSPS) is 11.4. The predicted octanol–water partition coefficient (Wildman–Crippen LogP) is 4.58. The molecule has 1 heterocycles. The SMILES string of the molecule is FC(F)(F)c1cc(Nc2cccc(CCl)c2)ccn1. The molecule has 0 radical (unpaired) electrons. The molecule has 2 nitrogen and oxygen atoms in total. The van der Waals surface area contributed by atoms with Crippen molar-refractivity contribution in [2.24, 2.45) is 0 Å². The summed E-state index contributed by atoms with van der Waals surface area (Å²) in [4.78, 5) is 3.30. The highest BCUT2D eigenvalue weighted by Crippen LogP contribution is 2.29. The zero-order valence-corrected chi connectivity index (χ0v) is 10.5. The summed E-state index contributed by atoms with van der Waals surface area (Å²) in [5.41, 5.74) is 0.967. The Bertz CT molecular complexity index is 570. The lowest BCUT2D eigenvalue weighted by atomic mass is 10.2. The lowest BCUT2D eigenvalue weighted by Gasteiger charge is -2.10. The van der Waals surface area contributed by atoms with Gasteiger partial charge in [0.1, 0.15) is 5.69 Å². The maximum absolute atomic E-state index is 12.5. The van der Waals surface area contributed by atoms with Crippen LogP contribution in [0.5, 0.6) is 0 Å². The van der Waals surface area contributed by atoms with Gasteiger partial charge in [-0.1, -0.05) is 12.1 Å². The molecule has 0 aliphatic heterocycles. The largest absolute Gasteiger partial charge is 0.433 e. The quantitative estimate of drug-likeness (QED) is 0.835. The minimum atomic E-state index is -4.45. The Morgan fingerprint density at radius 2 is 1.84 bits per heavy atom. The molecule has 19 heavy (non-hydrogen) atoms. The Labute approximate surface area is 113 Å². The van der Waals surface area contributed by atoms with Gasteiger partial charge in [-0.05, 0) is 29.8 Å². The molecular weight excluding hydrogens is 277 g/mol. The van der Waals surface area contributed by atoms with Gasteiger partial charge >= 0.3 is 6.18 Å². The van der Waals surface area contributed by atoms with Crippen LogP contribution in [0.3, 0.4) is 0 Å². The average Bonchev–Trinajstić information content (AvgIpc) is 2.38. The first kappa shape index (κ1) is 13.7. The fourth-order valence-electron chi connectivity index (χ4n) is 1.56. The highest BCUT2D eigenvalue weighted by atomic mass is 35.5. The van der Waals surface area contributed by atoms with Crippen molar-refractivity contribution < 1.29 is 13.2 Å². The second-order valence-corrected chi connectivity index (χ2v) is 4.15. The van der Waals surface area contributed by atoms with Crippen LogP contribution in [0.2, 0.25) is 0 Å². The van der Waals surface area contributed by atoms with Crippen molar-refractivity contribution in [2.75, 3.05) is 5.32 Å². The third-order valence-corrected chi connectivity index (χ3v) is 2.73. The Balaban J connectivity index is 2.23. The van der Waals surface area contributed by atoms with Crippen molar-refractivity contribution in [3.63, 3.8) is 0 Å². The van der Waals surface area contributed by atoms with Crippen molar-refractivity contribution in [3.8, 4) is 0 Å². The van der Waals surface area contributed by atoms with Crippen molar-refractivity contribution in [2.45, 2.75) is 12.1 Å². The number of halogens is 4. The number of nitrogens with one attached hydrogen (secondary N) is 1. The fraction of sp³-hybridized carbons (Fsp3) is 0.154. The minimum Gasteiger partial charge on any atom is -0.355 e. The number of nitrogens with zero attached hydrogens (tertiary/aromatic N) is 1. The van der Waals surface area contributed by atoms with E-state index in [4.69, 9.17) is 11.6 Å². The van der Waals surface area contributed by atoms with Crippen molar-refractivity contribution >= 4 is 23.0 Å². The third kappa shape index (κ3) is 3.61. The standard InChI is InChI=1S/C13H10ClF3N2/c14-8-9-2-1-3-10(6-9)19-11-4-5-18-12(7-11)13(15,16)17/h1-7H,8H2,(H,18,19). The molecule has 0 bridgehead atoms. The highest BCUT2D eigenvalue weighted by Gasteiger charge is 2.32. The predicted molar refractivity (Wildman–Crippen MR) is 68.5 cm³/mol. The van der Waals surface area contributed by atoms with Gasteiger partial charge in [0.15, 0.2) is 0 Å². The molecule has 0 saturated carbocycles. The monoisotopic (exact) mass is 286 g/mol. The Morgan fingerprint density at radius 1 is 1.11 bits per heavy atom. The van der Waals surface area contributed by atoms with E-state index in [1.54, 1.807) is 18.2 Å². The van der Waals surface area contributed by atoms with E-state index in [2.05, 4.69) is 10.3 Å². The number of hydrogen-bond acceptors (Lipinski definition) is 2. The molecule has 6 heteroatoms. The first-order valence-electron chi connectivity index (χ1n) is 5.44. The summed E-state index contributed by atoms with van der Waals surface area (Å²) in [6.45, 7) is 0. The van der Waals surface area contributed by atoms with E-state index in [9.17, 15) is 13.2 Å². The molecule has 0 fully saturated rings. The minimum absolute atomic E-state index is 0.328. The van der Waals surface area contributed by atoms with Gasteiger partial charge in [0.05, 0.1) is 0 Å². The zero-order chi connectivity index (χ0) is 13.9. The summed E-state index contributed by atoms with van der Waals surface area (Å²) in [5.74, 6) is 0.347. The van der Waals surface area contributed by atoms with Crippen molar-refractivity contribution in [3.05, 3.63) is 53.9 Å². The molecule has 0 amide bonds. The summed E-state index contributed by atoms with van der Waals surface area (Å²) >= 11 is 5.70. The summed E-state index contributed by atoms with van der Waals surface area (Å²) in [6.07, 6.45) is -3.33. The van der Waals surface area contributed by atoms with Crippen LogP contribution in [0.4, 0.5) is 24.5 Å². The molecule has 0 unspecified atom stereocenters. The Kier molecular flexibility index (Phi) is 3.95. The average molecular weight is 287 g/mol. The number of aromatic nitrogens is 1. The van der Waals surface area contributed by atoms with E-state index in [0.717, 1.165) is 17.8 Å². The van der Waals surface area contributed by atoms with Crippen molar-refractivity contribution in [1.82, 2.24) is 4.98 Å². The van der Waals surface area contributed by atoms with E-state index in [1.165, 1.54) is 6.07 Å². The Morgan fingerprint density at radius 3 is 2.53 bits per heavy atom. The summed E-state index contributed by atoms with van der Waals surface area (Å²) in [6, 6.07) is 9.60. The van der Waals surface area contributed by atoms with Crippen LogP contribution in [-0.2, 0) is 12.1 Å². The van der Waals surface area contributed by atoms with Gasteiger partial charge in [0.25, 0.3) is 0 Å².